The van der Waals surface area contributed by atoms with Gasteiger partial charge < -0.3 is 25.4 Å². The van der Waals surface area contributed by atoms with E-state index in [1.807, 2.05) is 34.1 Å². The molecule has 31 heavy (non-hydrogen) atoms. The summed E-state index contributed by atoms with van der Waals surface area (Å²) in [5.74, 6) is 0.299. The number of carbonyl (C=O) groups excluding carboxylic acids is 2. The number of nitrogens with zero attached hydrogens (tertiary/aromatic N) is 3. The van der Waals surface area contributed by atoms with E-state index < -0.39 is 5.97 Å². The molecule has 2 amide bonds. The lowest BCUT2D eigenvalue weighted by molar-refractivity contribution is -0.135. The van der Waals surface area contributed by atoms with Crippen molar-refractivity contribution in [2.45, 2.75) is 26.2 Å². The molecule has 2 saturated heterocycles. The van der Waals surface area contributed by atoms with Crippen molar-refractivity contribution in [2.75, 3.05) is 59.0 Å². The number of carboxylic acid groups (broad SMARTS) is 1. The van der Waals surface area contributed by atoms with Gasteiger partial charge >= 0.3 is 0 Å². The molecule has 0 saturated carbocycles. The molecule has 0 atom stereocenters. The Morgan fingerprint density at radius 2 is 1.48 bits per heavy atom. The van der Waals surface area contributed by atoms with Crippen LogP contribution in [0.25, 0.3) is 0 Å². The van der Waals surface area contributed by atoms with E-state index in [9.17, 15) is 9.59 Å². The number of carboxylic acids is 1. The molecule has 2 aliphatic rings. The molecule has 2 aliphatic heterocycles. The minimum Gasteiger partial charge on any atom is -0.492 e. The summed E-state index contributed by atoms with van der Waals surface area (Å²) in [7, 11) is 0. The monoisotopic (exact) mass is 434 g/mol. The zero-order valence-corrected chi connectivity index (χ0v) is 18.3. The summed E-state index contributed by atoms with van der Waals surface area (Å²) in [5.41, 5.74) is 6.40. The van der Waals surface area contributed by atoms with Gasteiger partial charge in [0.2, 0.25) is 11.8 Å². The van der Waals surface area contributed by atoms with E-state index in [4.69, 9.17) is 20.4 Å². The Hall–Kier alpha value is -2.65. The van der Waals surface area contributed by atoms with Crippen molar-refractivity contribution < 1.29 is 24.2 Å². The van der Waals surface area contributed by atoms with Crippen LogP contribution in [0.15, 0.2) is 24.3 Å². The molecule has 172 valence electrons. The summed E-state index contributed by atoms with van der Waals surface area (Å²) in [6, 6.07) is 7.60. The summed E-state index contributed by atoms with van der Waals surface area (Å²) in [4.78, 5) is 39.8. The smallest absolute Gasteiger partial charge is 0.300 e. The summed E-state index contributed by atoms with van der Waals surface area (Å²) in [6.07, 6.45) is 2.63. The number of ether oxygens (including phenoxy) is 1. The Bertz CT molecular complexity index is 707. The predicted octanol–water partition coefficient (Wildman–Crippen LogP) is 0.424. The summed E-state index contributed by atoms with van der Waals surface area (Å²) in [6.45, 7) is 7.22. The number of amides is 2. The average Bonchev–Trinajstić information content (AvgIpc) is 3.28. The molecular formula is C22H34N4O5. The highest BCUT2D eigenvalue weighted by atomic mass is 16.5. The molecule has 3 rings (SSSR count). The third kappa shape index (κ3) is 8.94. The average molecular weight is 435 g/mol. The third-order valence-electron chi connectivity index (χ3n) is 5.21. The van der Waals surface area contributed by atoms with Gasteiger partial charge in [-0.05, 0) is 30.5 Å². The van der Waals surface area contributed by atoms with Crippen molar-refractivity contribution >= 4 is 17.8 Å². The number of aliphatic carboxylic acids is 1. The number of nitrogens with two attached hydrogens (primary N) is 1. The van der Waals surface area contributed by atoms with Crippen molar-refractivity contribution in [1.82, 2.24) is 14.7 Å². The first kappa shape index (κ1) is 24.6. The van der Waals surface area contributed by atoms with E-state index in [-0.39, 0.29) is 11.8 Å². The van der Waals surface area contributed by atoms with Crippen LogP contribution in [-0.2, 0) is 20.8 Å². The lowest BCUT2D eigenvalue weighted by atomic mass is 10.1. The minimum atomic E-state index is -0.833. The molecule has 2 fully saturated rings. The Morgan fingerprint density at radius 1 is 0.935 bits per heavy atom. The van der Waals surface area contributed by atoms with Crippen molar-refractivity contribution in [2.24, 2.45) is 5.73 Å². The second-order valence-corrected chi connectivity index (χ2v) is 7.72. The quantitative estimate of drug-likeness (QED) is 0.639. The van der Waals surface area contributed by atoms with Crippen LogP contribution in [0.1, 0.15) is 25.3 Å². The summed E-state index contributed by atoms with van der Waals surface area (Å²) < 4.78 is 5.45. The SMILES string of the molecule is CC(=O)O.NCCOc1ccc(CC(=O)N2CCN(CC(=O)N3CCCC3)CC2)cc1. The maximum Gasteiger partial charge on any atom is 0.300 e. The van der Waals surface area contributed by atoms with Gasteiger partial charge in [-0.15, -0.1) is 0 Å². The lowest BCUT2D eigenvalue weighted by Gasteiger charge is -2.35. The zero-order valence-electron chi connectivity index (χ0n) is 18.3. The molecule has 9 nitrogen and oxygen atoms in total. The normalized spacial score (nSPS) is 16.5. The topological polar surface area (TPSA) is 116 Å². The van der Waals surface area contributed by atoms with E-state index in [0.717, 1.165) is 57.3 Å². The highest BCUT2D eigenvalue weighted by Crippen LogP contribution is 2.14. The molecule has 0 aromatic heterocycles. The third-order valence-corrected chi connectivity index (χ3v) is 5.21. The molecule has 0 bridgehead atoms. The fraction of sp³-hybridized carbons (Fsp3) is 0.591. The largest absolute Gasteiger partial charge is 0.492 e. The predicted molar refractivity (Wildman–Crippen MR) is 117 cm³/mol. The Labute approximate surface area is 183 Å². The van der Waals surface area contributed by atoms with Crippen molar-refractivity contribution in [1.29, 1.82) is 0 Å². The first-order chi connectivity index (χ1) is 14.9. The number of likely N-dealkylation sites (tertiary alicyclic amines) is 1. The molecule has 0 radical (unpaired) electrons. The molecule has 0 aliphatic carbocycles. The molecule has 0 spiro atoms. The highest BCUT2D eigenvalue weighted by molar-refractivity contribution is 5.79. The fourth-order valence-corrected chi connectivity index (χ4v) is 3.58. The van der Waals surface area contributed by atoms with Gasteiger partial charge in [0.25, 0.3) is 5.97 Å². The summed E-state index contributed by atoms with van der Waals surface area (Å²) >= 11 is 0. The van der Waals surface area contributed by atoms with Crippen molar-refractivity contribution in [3.05, 3.63) is 29.8 Å². The van der Waals surface area contributed by atoms with E-state index in [2.05, 4.69) is 4.90 Å². The van der Waals surface area contributed by atoms with Crippen molar-refractivity contribution in [3.8, 4) is 5.75 Å². The van der Waals surface area contributed by atoms with Crippen molar-refractivity contribution in [3.63, 3.8) is 0 Å². The first-order valence-corrected chi connectivity index (χ1v) is 10.8. The maximum atomic E-state index is 12.5. The minimum absolute atomic E-state index is 0.135. The van der Waals surface area contributed by atoms with E-state index in [0.29, 0.717) is 39.2 Å². The standard InChI is InChI=1S/C20H30N4O3.C2H4O2/c21-7-14-27-18-5-3-17(4-6-18)15-19(25)24-12-10-22(11-13-24)16-20(26)23-8-1-2-9-23;1-2(3)4/h3-6H,1-2,7-16,21H2;1H3,(H,3,4). The Balaban J connectivity index is 0.000000785. The van der Waals surface area contributed by atoms with Gasteiger partial charge in [-0.2, -0.15) is 0 Å². The molecule has 3 N–H and O–H groups in total. The lowest BCUT2D eigenvalue weighted by Crippen LogP contribution is -2.51. The number of benzene rings is 1. The van der Waals surface area contributed by atoms with Gasteiger partial charge in [-0.3, -0.25) is 19.3 Å². The van der Waals surface area contributed by atoms with Crippen LogP contribution < -0.4 is 10.5 Å². The van der Waals surface area contributed by atoms with Gasteiger partial charge in [0.05, 0.1) is 13.0 Å². The molecular weight excluding hydrogens is 400 g/mol. The number of hydrogen-bond acceptors (Lipinski definition) is 6. The van der Waals surface area contributed by atoms with E-state index in [1.165, 1.54) is 0 Å². The van der Waals surface area contributed by atoms with E-state index >= 15 is 0 Å². The van der Waals surface area contributed by atoms with Gasteiger partial charge in [-0.1, -0.05) is 12.1 Å². The molecule has 2 heterocycles. The Morgan fingerprint density at radius 3 is 2.03 bits per heavy atom. The van der Waals surface area contributed by atoms with Crippen LogP contribution in [-0.4, -0.2) is 96.6 Å². The van der Waals surface area contributed by atoms with Crippen LogP contribution in [0.5, 0.6) is 5.75 Å². The molecule has 1 aromatic rings. The zero-order chi connectivity index (χ0) is 22.6. The number of carbonyl (C=O) groups is 3. The van der Waals surface area contributed by atoms with Crippen LogP contribution in [0.4, 0.5) is 0 Å². The highest BCUT2D eigenvalue weighted by Gasteiger charge is 2.25. The van der Waals surface area contributed by atoms with Gasteiger partial charge in [-0.25, -0.2) is 0 Å². The van der Waals surface area contributed by atoms with Crippen LogP contribution >= 0.6 is 0 Å². The molecule has 1 aromatic carbocycles. The molecule has 9 heteroatoms. The van der Waals surface area contributed by atoms with E-state index in [1.54, 1.807) is 0 Å². The maximum absolute atomic E-state index is 12.5. The van der Waals surface area contributed by atoms with Crippen LogP contribution in [0.3, 0.4) is 0 Å². The number of piperazine rings is 1. The Kier molecular flexibility index (Phi) is 10.3. The fourth-order valence-electron chi connectivity index (χ4n) is 3.58. The number of hydrogen-bond donors (Lipinski definition) is 2. The summed E-state index contributed by atoms with van der Waals surface area (Å²) in [5, 5.41) is 7.42. The van der Waals surface area contributed by atoms with Gasteiger partial charge in [0.1, 0.15) is 12.4 Å². The second-order valence-electron chi connectivity index (χ2n) is 7.72. The second kappa shape index (κ2) is 12.9. The van der Waals surface area contributed by atoms with Gasteiger partial charge in [0, 0.05) is 52.7 Å². The number of rotatable bonds is 7. The first-order valence-electron chi connectivity index (χ1n) is 10.8. The van der Waals surface area contributed by atoms with Gasteiger partial charge in [0.15, 0.2) is 0 Å². The van der Waals surface area contributed by atoms with Crippen LogP contribution in [0, 0.1) is 0 Å². The molecule has 0 unspecified atom stereocenters. The van der Waals surface area contributed by atoms with Crippen LogP contribution in [0.2, 0.25) is 0 Å².